The SMILES string of the molecule is O=C(Nc1ccc(N2C(=O)[C@H]3CC=CC[C@@H]3C2=O)cc1)c1ccc(N2C(=O)[C@H]3CC=CC[C@H]3C2=O)cc1. The van der Waals surface area contributed by atoms with Crippen molar-refractivity contribution in [2.24, 2.45) is 23.7 Å². The molecule has 0 unspecified atom stereocenters. The molecule has 2 aliphatic carbocycles. The lowest BCUT2D eigenvalue weighted by Gasteiger charge is -2.16. The van der Waals surface area contributed by atoms with Crippen LogP contribution in [0.2, 0.25) is 0 Å². The summed E-state index contributed by atoms with van der Waals surface area (Å²) >= 11 is 0. The highest BCUT2D eigenvalue weighted by Crippen LogP contribution is 2.39. The Hall–Kier alpha value is -4.33. The zero-order valence-electron chi connectivity index (χ0n) is 20.0. The predicted octanol–water partition coefficient (Wildman–Crippen LogP) is 3.85. The Labute approximate surface area is 213 Å². The first-order valence-electron chi connectivity index (χ1n) is 12.5. The molecule has 2 fully saturated rings. The van der Waals surface area contributed by atoms with Crippen LogP contribution < -0.4 is 15.1 Å². The Morgan fingerprint density at radius 1 is 0.568 bits per heavy atom. The number of fused-ring (bicyclic) bond motifs is 2. The number of carbonyl (C=O) groups excluding carboxylic acids is 5. The van der Waals surface area contributed by atoms with Crippen LogP contribution in [0.1, 0.15) is 36.0 Å². The molecule has 0 saturated carbocycles. The summed E-state index contributed by atoms with van der Waals surface area (Å²) in [5.41, 5.74) is 1.83. The fourth-order valence-electron chi connectivity index (χ4n) is 5.77. The van der Waals surface area contributed by atoms with Gasteiger partial charge in [0.05, 0.1) is 35.0 Å². The lowest BCUT2D eigenvalue weighted by molar-refractivity contribution is -0.124. The summed E-state index contributed by atoms with van der Waals surface area (Å²) in [6.07, 6.45) is 10.1. The maximum atomic E-state index is 12.8. The van der Waals surface area contributed by atoms with Crippen molar-refractivity contribution in [3.8, 4) is 0 Å². The van der Waals surface area contributed by atoms with Crippen LogP contribution in [-0.2, 0) is 19.2 Å². The van der Waals surface area contributed by atoms with Crippen LogP contribution in [-0.4, -0.2) is 29.5 Å². The average Bonchev–Trinajstić information content (AvgIpc) is 3.34. The van der Waals surface area contributed by atoms with Crippen LogP contribution in [0.5, 0.6) is 0 Å². The monoisotopic (exact) mass is 495 g/mol. The minimum absolute atomic E-state index is 0.179. The van der Waals surface area contributed by atoms with E-state index in [1.165, 1.54) is 9.80 Å². The molecule has 0 spiro atoms. The molecule has 186 valence electrons. The molecule has 2 aromatic rings. The van der Waals surface area contributed by atoms with Gasteiger partial charge in [0.1, 0.15) is 0 Å². The summed E-state index contributed by atoms with van der Waals surface area (Å²) in [5, 5.41) is 2.80. The van der Waals surface area contributed by atoms with Crippen molar-refractivity contribution in [1.29, 1.82) is 0 Å². The Kier molecular flexibility index (Phi) is 5.59. The summed E-state index contributed by atoms with van der Waals surface area (Å²) in [7, 11) is 0. The lowest BCUT2D eigenvalue weighted by atomic mass is 9.85. The van der Waals surface area contributed by atoms with Gasteiger partial charge in [-0.05, 0) is 74.2 Å². The van der Waals surface area contributed by atoms with E-state index in [0.717, 1.165) is 0 Å². The van der Waals surface area contributed by atoms with Crippen molar-refractivity contribution in [2.75, 3.05) is 15.1 Å². The van der Waals surface area contributed by atoms with Crippen LogP contribution in [0, 0.1) is 23.7 Å². The quantitative estimate of drug-likeness (QED) is 0.513. The normalized spacial score (nSPS) is 26.5. The number of imide groups is 2. The fraction of sp³-hybridized carbons (Fsp3) is 0.276. The van der Waals surface area contributed by atoms with E-state index in [-0.39, 0.29) is 53.2 Å². The van der Waals surface area contributed by atoms with Gasteiger partial charge >= 0.3 is 0 Å². The molecular formula is C29H25N3O5. The van der Waals surface area contributed by atoms with Gasteiger partial charge in [0, 0.05) is 11.3 Å². The second-order valence-electron chi connectivity index (χ2n) is 9.88. The standard InChI is InChI=1S/C29H25N3O5/c33-25(17-9-13-19(14-10-17)31-26(34)21-5-1-2-6-22(21)27(31)35)30-18-11-15-20(16-12-18)32-28(36)23-7-3-4-8-24(23)29(32)37/h1-4,9-16,21-24H,5-8H2,(H,30,33)/t21-,22+,23-,24-/m0/s1. The Morgan fingerprint density at radius 3 is 1.30 bits per heavy atom. The summed E-state index contributed by atoms with van der Waals surface area (Å²) in [4.78, 5) is 66.4. The molecule has 4 atom stereocenters. The van der Waals surface area contributed by atoms with E-state index in [1.54, 1.807) is 48.5 Å². The van der Waals surface area contributed by atoms with Gasteiger partial charge in [-0.25, -0.2) is 0 Å². The van der Waals surface area contributed by atoms with Gasteiger partial charge in [0.15, 0.2) is 0 Å². The number of rotatable bonds is 4. The van der Waals surface area contributed by atoms with Gasteiger partial charge in [-0.3, -0.25) is 33.8 Å². The van der Waals surface area contributed by atoms with E-state index in [2.05, 4.69) is 5.32 Å². The van der Waals surface area contributed by atoms with Crippen molar-refractivity contribution >= 4 is 46.6 Å². The largest absolute Gasteiger partial charge is 0.322 e. The van der Waals surface area contributed by atoms with Gasteiger partial charge in [0.2, 0.25) is 23.6 Å². The molecule has 6 rings (SSSR count). The molecule has 0 radical (unpaired) electrons. The second-order valence-corrected chi connectivity index (χ2v) is 9.88. The number of benzene rings is 2. The number of hydrogen-bond acceptors (Lipinski definition) is 5. The molecule has 1 N–H and O–H groups in total. The first-order valence-corrected chi connectivity index (χ1v) is 12.5. The molecule has 0 bridgehead atoms. The molecule has 0 aromatic heterocycles. The Bertz CT molecular complexity index is 1320. The van der Waals surface area contributed by atoms with Crippen molar-refractivity contribution < 1.29 is 24.0 Å². The molecule has 2 aliphatic heterocycles. The van der Waals surface area contributed by atoms with Crippen LogP contribution in [0.25, 0.3) is 0 Å². The van der Waals surface area contributed by atoms with Crippen LogP contribution >= 0.6 is 0 Å². The van der Waals surface area contributed by atoms with Gasteiger partial charge in [-0.2, -0.15) is 0 Å². The Balaban J connectivity index is 1.13. The van der Waals surface area contributed by atoms with Gasteiger partial charge in [-0.1, -0.05) is 24.3 Å². The minimum Gasteiger partial charge on any atom is -0.322 e. The average molecular weight is 496 g/mol. The highest BCUT2D eigenvalue weighted by Gasteiger charge is 2.48. The smallest absolute Gasteiger partial charge is 0.255 e. The van der Waals surface area contributed by atoms with Gasteiger partial charge in [-0.15, -0.1) is 0 Å². The molecule has 2 heterocycles. The molecule has 8 heteroatoms. The van der Waals surface area contributed by atoms with E-state index in [9.17, 15) is 24.0 Å². The summed E-state index contributed by atoms with van der Waals surface area (Å²) in [5.74, 6) is -2.32. The zero-order valence-corrected chi connectivity index (χ0v) is 20.0. The molecule has 37 heavy (non-hydrogen) atoms. The highest BCUT2D eigenvalue weighted by atomic mass is 16.2. The van der Waals surface area contributed by atoms with Crippen molar-refractivity contribution in [1.82, 2.24) is 0 Å². The summed E-state index contributed by atoms with van der Waals surface area (Å²) in [6, 6.07) is 13.0. The fourth-order valence-corrected chi connectivity index (χ4v) is 5.77. The van der Waals surface area contributed by atoms with Crippen LogP contribution in [0.3, 0.4) is 0 Å². The third-order valence-corrected chi connectivity index (χ3v) is 7.79. The minimum atomic E-state index is -0.360. The molecular weight excluding hydrogens is 470 g/mol. The van der Waals surface area contributed by atoms with Crippen molar-refractivity contribution in [2.45, 2.75) is 25.7 Å². The number of allylic oxidation sites excluding steroid dienone is 4. The number of nitrogens with one attached hydrogen (secondary N) is 1. The second kappa shape index (κ2) is 8.96. The number of anilines is 3. The molecule has 8 nitrogen and oxygen atoms in total. The summed E-state index contributed by atoms with van der Waals surface area (Å²) in [6.45, 7) is 0. The van der Waals surface area contributed by atoms with Gasteiger partial charge in [0.25, 0.3) is 5.91 Å². The number of nitrogens with zero attached hydrogens (tertiary/aromatic N) is 2. The first-order chi connectivity index (χ1) is 17.9. The topological polar surface area (TPSA) is 104 Å². The van der Waals surface area contributed by atoms with Crippen molar-refractivity contribution in [3.63, 3.8) is 0 Å². The van der Waals surface area contributed by atoms with Gasteiger partial charge < -0.3 is 5.32 Å². The maximum absolute atomic E-state index is 12.8. The van der Waals surface area contributed by atoms with E-state index in [4.69, 9.17) is 0 Å². The molecule has 4 aliphatic rings. The van der Waals surface area contributed by atoms with Crippen LogP contribution in [0.15, 0.2) is 72.8 Å². The number of carbonyl (C=O) groups is 5. The molecule has 2 saturated heterocycles. The highest BCUT2D eigenvalue weighted by molar-refractivity contribution is 6.23. The number of hydrogen-bond donors (Lipinski definition) is 1. The van der Waals surface area contributed by atoms with E-state index >= 15 is 0 Å². The van der Waals surface area contributed by atoms with E-state index < -0.39 is 0 Å². The van der Waals surface area contributed by atoms with Crippen LogP contribution in [0.4, 0.5) is 17.1 Å². The predicted molar refractivity (Wildman–Crippen MR) is 137 cm³/mol. The first kappa shape index (κ1) is 23.1. The third-order valence-electron chi connectivity index (χ3n) is 7.79. The Morgan fingerprint density at radius 2 is 0.919 bits per heavy atom. The zero-order chi connectivity index (χ0) is 25.7. The maximum Gasteiger partial charge on any atom is 0.255 e. The third kappa shape index (κ3) is 3.80. The van der Waals surface area contributed by atoms with E-state index in [1.807, 2.05) is 24.3 Å². The number of amides is 5. The summed E-state index contributed by atoms with van der Waals surface area (Å²) < 4.78 is 0. The lowest BCUT2D eigenvalue weighted by Crippen LogP contribution is -2.31. The molecule has 2 aromatic carbocycles. The van der Waals surface area contributed by atoms with Crippen molar-refractivity contribution in [3.05, 3.63) is 78.4 Å². The van der Waals surface area contributed by atoms with E-state index in [0.29, 0.717) is 48.3 Å². The molecule has 5 amide bonds.